The topological polar surface area (TPSA) is 0 Å². The van der Waals surface area contributed by atoms with Gasteiger partial charge in [0.15, 0.2) is 0 Å². The van der Waals surface area contributed by atoms with Crippen molar-refractivity contribution in [3.8, 4) is 0 Å². The first kappa shape index (κ1) is 17.0. The van der Waals surface area contributed by atoms with Crippen molar-refractivity contribution in [2.24, 2.45) is 0 Å². The van der Waals surface area contributed by atoms with Crippen LogP contribution in [0, 0.1) is 0 Å². The molecule has 0 amide bonds. The third-order valence-electron chi connectivity index (χ3n) is 4.05. The lowest BCUT2D eigenvalue weighted by atomic mass is 10.1. The summed E-state index contributed by atoms with van der Waals surface area (Å²) in [5.41, 5.74) is 0.854. The Morgan fingerprint density at radius 1 is 0.640 bits per heavy atom. The average Bonchev–Trinajstić information content (AvgIpc) is 2.67. The molecule has 4 aromatic rings. The standard InChI is InChI=1S/C11H8F2.C11H9F/c12-11(13)10-6-5-8-3-1-2-4-9(8)7-10;12-8-10-6-3-5-9-4-1-2-7-11(9)10/h1-7,11H;1-7H,8H2. The number of benzene rings is 4. The number of halogens is 3. The Balaban J connectivity index is 0.000000146. The van der Waals surface area contributed by atoms with E-state index in [1.54, 1.807) is 6.07 Å². The molecule has 4 rings (SSSR count). The maximum Gasteiger partial charge on any atom is 0.263 e. The van der Waals surface area contributed by atoms with Crippen molar-refractivity contribution in [3.05, 3.63) is 96.1 Å². The number of alkyl halides is 3. The lowest BCUT2D eigenvalue weighted by Gasteiger charge is -2.01. The van der Waals surface area contributed by atoms with Gasteiger partial charge in [-0.25, -0.2) is 13.2 Å². The first-order valence-corrected chi connectivity index (χ1v) is 7.98. The maximum atomic E-state index is 12.5. The highest BCUT2D eigenvalue weighted by molar-refractivity contribution is 5.85. The summed E-state index contributed by atoms with van der Waals surface area (Å²) in [7, 11) is 0. The lowest BCUT2D eigenvalue weighted by Crippen LogP contribution is -1.83. The van der Waals surface area contributed by atoms with E-state index in [0.29, 0.717) is 0 Å². The van der Waals surface area contributed by atoms with Crippen LogP contribution in [0.2, 0.25) is 0 Å². The highest BCUT2D eigenvalue weighted by Gasteiger charge is 2.06. The van der Waals surface area contributed by atoms with E-state index in [0.717, 1.165) is 27.1 Å². The van der Waals surface area contributed by atoms with Gasteiger partial charge in [-0.1, -0.05) is 78.9 Å². The summed E-state index contributed by atoms with van der Waals surface area (Å²) < 4.78 is 37.0. The fraction of sp³-hybridized carbons (Fsp3) is 0.0909. The Morgan fingerprint density at radius 2 is 1.28 bits per heavy atom. The van der Waals surface area contributed by atoms with Gasteiger partial charge in [-0.3, -0.25) is 0 Å². The van der Waals surface area contributed by atoms with Gasteiger partial charge in [-0.15, -0.1) is 0 Å². The first-order valence-electron chi connectivity index (χ1n) is 7.98. The van der Waals surface area contributed by atoms with Gasteiger partial charge < -0.3 is 0 Å². The molecule has 0 atom stereocenters. The molecule has 0 aliphatic rings. The Kier molecular flexibility index (Phi) is 5.34. The van der Waals surface area contributed by atoms with E-state index in [1.165, 1.54) is 12.1 Å². The molecule has 0 saturated carbocycles. The molecule has 0 aromatic heterocycles. The highest BCUT2D eigenvalue weighted by atomic mass is 19.3. The van der Waals surface area contributed by atoms with Gasteiger partial charge in [-0.05, 0) is 33.2 Å². The normalized spacial score (nSPS) is 10.7. The predicted molar refractivity (Wildman–Crippen MR) is 97.7 cm³/mol. The summed E-state index contributed by atoms with van der Waals surface area (Å²) >= 11 is 0. The molecular weight excluding hydrogens is 321 g/mol. The van der Waals surface area contributed by atoms with E-state index < -0.39 is 6.43 Å². The van der Waals surface area contributed by atoms with E-state index in [-0.39, 0.29) is 12.2 Å². The summed E-state index contributed by atoms with van der Waals surface area (Å²) in [6.45, 7) is -0.388. The van der Waals surface area contributed by atoms with Crippen molar-refractivity contribution < 1.29 is 13.2 Å². The Bertz CT molecular complexity index is 971. The molecule has 0 aliphatic heterocycles. The third kappa shape index (κ3) is 4.00. The molecule has 0 unspecified atom stereocenters. The van der Waals surface area contributed by atoms with E-state index >= 15 is 0 Å². The second-order valence-electron chi connectivity index (χ2n) is 5.68. The van der Waals surface area contributed by atoms with Gasteiger partial charge in [-0.2, -0.15) is 0 Å². The fourth-order valence-corrected chi connectivity index (χ4v) is 2.75. The van der Waals surface area contributed by atoms with Crippen LogP contribution in [0.1, 0.15) is 17.6 Å². The molecule has 0 fully saturated rings. The summed E-state index contributed by atoms with van der Waals surface area (Å²) in [4.78, 5) is 0. The number of hydrogen-bond acceptors (Lipinski definition) is 0. The predicted octanol–water partition coefficient (Wildman–Crippen LogP) is 7.09. The second kappa shape index (κ2) is 7.84. The molecule has 25 heavy (non-hydrogen) atoms. The zero-order chi connectivity index (χ0) is 17.6. The van der Waals surface area contributed by atoms with Gasteiger partial charge in [0.2, 0.25) is 0 Å². The zero-order valence-electron chi connectivity index (χ0n) is 13.5. The summed E-state index contributed by atoms with van der Waals surface area (Å²) in [6, 6.07) is 25.7. The molecule has 4 aromatic carbocycles. The fourth-order valence-electron chi connectivity index (χ4n) is 2.75. The van der Waals surface area contributed by atoms with Crippen molar-refractivity contribution >= 4 is 21.5 Å². The highest BCUT2D eigenvalue weighted by Crippen LogP contribution is 2.23. The summed E-state index contributed by atoms with van der Waals surface area (Å²) in [6.07, 6.45) is -2.38. The molecule has 0 saturated heterocycles. The molecule has 0 spiro atoms. The third-order valence-corrected chi connectivity index (χ3v) is 4.05. The molecule has 126 valence electrons. The lowest BCUT2D eigenvalue weighted by molar-refractivity contribution is 0.151. The van der Waals surface area contributed by atoms with E-state index in [9.17, 15) is 13.2 Å². The first-order chi connectivity index (χ1) is 12.2. The van der Waals surface area contributed by atoms with Gasteiger partial charge in [0.25, 0.3) is 6.43 Å². The van der Waals surface area contributed by atoms with Crippen molar-refractivity contribution in [1.82, 2.24) is 0 Å². The van der Waals surface area contributed by atoms with Crippen molar-refractivity contribution in [1.29, 1.82) is 0 Å². The molecule has 0 N–H and O–H groups in total. The quantitative estimate of drug-likeness (QED) is 0.366. The minimum Gasteiger partial charge on any atom is -0.246 e. The Morgan fingerprint density at radius 3 is 2.00 bits per heavy atom. The minimum absolute atomic E-state index is 0.0821. The Hall–Kier alpha value is -2.81. The second-order valence-corrected chi connectivity index (χ2v) is 5.68. The monoisotopic (exact) mass is 338 g/mol. The molecule has 0 heterocycles. The van der Waals surface area contributed by atoms with Crippen LogP contribution in [-0.2, 0) is 6.67 Å². The smallest absolute Gasteiger partial charge is 0.246 e. The number of fused-ring (bicyclic) bond motifs is 2. The summed E-state index contributed by atoms with van der Waals surface area (Å²) in [5.74, 6) is 0. The van der Waals surface area contributed by atoms with Crippen molar-refractivity contribution in [2.75, 3.05) is 0 Å². The van der Waals surface area contributed by atoms with Gasteiger partial charge in [0.05, 0.1) is 0 Å². The average molecular weight is 338 g/mol. The summed E-state index contributed by atoms with van der Waals surface area (Å²) in [5, 5.41) is 3.97. The van der Waals surface area contributed by atoms with Crippen LogP contribution in [0.25, 0.3) is 21.5 Å². The minimum atomic E-state index is -2.38. The molecule has 3 heteroatoms. The van der Waals surface area contributed by atoms with E-state index in [1.807, 2.05) is 66.7 Å². The molecule has 0 bridgehead atoms. The number of rotatable bonds is 2. The molecule has 0 nitrogen and oxygen atoms in total. The Labute approximate surface area is 144 Å². The van der Waals surface area contributed by atoms with Crippen LogP contribution in [0.4, 0.5) is 13.2 Å². The van der Waals surface area contributed by atoms with Crippen LogP contribution in [0.15, 0.2) is 84.9 Å². The van der Waals surface area contributed by atoms with Gasteiger partial charge >= 0.3 is 0 Å². The van der Waals surface area contributed by atoms with Crippen LogP contribution in [-0.4, -0.2) is 0 Å². The maximum absolute atomic E-state index is 12.5. The van der Waals surface area contributed by atoms with Crippen LogP contribution >= 0.6 is 0 Å². The largest absolute Gasteiger partial charge is 0.263 e. The SMILES string of the molecule is FC(F)c1ccc2ccccc2c1.FCc1cccc2ccccc12. The number of hydrogen-bond donors (Lipinski definition) is 0. The van der Waals surface area contributed by atoms with Gasteiger partial charge in [0.1, 0.15) is 6.67 Å². The molecule has 0 aliphatic carbocycles. The van der Waals surface area contributed by atoms with E-state index in [4.69, 9.17) is 0 Å². The van der Waals surface area contributed by atoms with Crippen LogP contribution < -0.4 is 0 Å². The van der Waals surface area contributed by atoms with E-state index in [2.05, 4.69) is 0 Å². The van der Waals surface area contributed by atoms with Crippen LogP contribution in [0.5, 0.6) is 0 Å². The molecule has 0 radical (unpaired) electrons. The zero-order valence-corrected chi connectivity index (χ0v) is 13.5. The van der Waals surface area contributed by atoms with Crippen LogP contribution in [0.3, 0.4) is 0 Å². The molecular formula is C22H17F3. The van der Waals surface area contributed by atoms with Crippen molar-refractivity contribution in [3.63, 3.8) is 0 Å². The van der Waals surface area contributed by atoms with Gasteiger partial charge in [0, 0.05) is 5.56 Å². The van der Waals surface area contributed by atoms with Crippen molar-refractivity contribution in [2.45, 2.75) is 13.1 Å².